The molecule has 1 fully saturated rings. The Balaban J connectivity index is 1.52. The molecule has 1 unspecified atom stereocenters. The number of hydrogen-bond donors (Lipinski definition) is 2. The van der Waals surface area contributed by atoms with Gasteiger partial charge in [0.1, 0.15) is 17.7 Å². The van der Waals surface area contributed by atoms with E-state index in [1.807, 2.05) is 0 Å². The molecule has 3 aliphatic rings. The molecule has 2 aromatic rings. The molecular weight excluding hydrogens is 395 g/mol. The second-order valence-electron chi connectivity index (χ2n) is 8.55. The molecule has 6 nitrogen and oxygen atoms in total. The Morgan fingerprint density at radius 3 is 2.65 bits per heavy atom. The molecule has 0 saturated heterocycles. The first-order valence-electron chi connectivity index (χ1n) is 10.1. The van der Waals surface area contributed by atoms with Crippen LogP contribution in [0.1, 0.15) is 41.3 Å². The van der Waals surface area contributed by atoms with Gasteiger partial charge in [0, 0.05) is 11.5 Å². The van der Waals surface area contributed by atoms with Crippen LogP contribution in [0.15, 0.2) is 82.3 Å². The highest BCUT2D eigenvalue weighted by Gasteiger charge is 2.50. The van der Waals surface area contributed by atoms with Gasteiger partial charge in [0.2, 0.25) is 5.70 Å². The summed E-state index contributed by atoms with van der Waals surface area (Å²) in [6, 6.07) is 13.0. The number of halogens is 1. The van der Waals surface area contributed by atoms with Gasteiger partial charge in [-0.15, -0.1) is 4.59 Å². The lowest BCUT2D eigenvalue weighted by Crippen LogP contribution is -2.53. The van der Waals surface area contributed by atoms with Crippen LogP contribution in [-0.2, 0) is 0 Å². The molecule has 31 heavy (non-hydrogen) atoms. The third kappa shape index (κ3) is 3.18. The van der Waals surface area contributed by atoms with Gasteiger partial charge in [-0.1, -0.05) is 30.3 Å². The first-order chi connectivity index (χ1) is 14.8. The van der Waals surface area contributed by atoms with Crippen LogP contribution in [-0.4, -0.2) is 33.1 Å². The number of hydrogen-bond acceptors (Lipinski definition) is 5. The summed E-state index contributed by atoms with van der Waals surface area (Å²) >= 11 is 0. The van der Waals surface area contributed by atoms with Crippen LogP contribution in [0.2, 0.25) is 0 Å². The van der Waals surface area contributed by atoms with E-state index in [4.69, 9.17) is 10.8 Å². The van der Waals surface area contributed by atoms with Crippen molar-refractivity contribution < 1.29 is 18.9 Å². The number of fused-ring (bicyclic) bond motifs is 1. The molecule has 3 N–H and O–H groups in total. The lowest BCUT2D eigenvalue weighted by atomic mass is 9.70. The number of aliphatic imine (C=N–C) groups is 2. The van der Waals surface area contributed by atoms with Gasteiger partial charge in [-0.25, -0.2) is 4.39 Å². The second kappa shape index (κ2) is 6.88. The van der Waals surface area contributed by atoms with Crippen LogP contribution in [0.5, 0.6) is 0 Å². The maximum atomic E-state index is 15.0. The van der Waals surface area contributed by atoms with E-state index in [0.717, 1.165) is 5.70 Å². The van der Waals surface area contributed by atoms with Crippen molar-refractivity contribution in [3.05, 3.63) is 94.8 Å². The van der Waals surface area contributed by atoms with Gasteiger partial charge in [0.15, 0.2) is 5.78 Å². The normalized spacial score (nSPS) is 28.9. The minimum Gasteiger partial charge on any atom is -0.390 e. The Bertz CT molecular complexity index is 1210. The van der Waals surface area contributed by atoms with Crippen molar-refractivity contribution in [2.45, 2.75) is 25.4 Å². The highest BCUT2D eigenvalue weighted by Crippen LogP contribution is 2.46. The monoisotopic (exact) mass is 417 g/mol. The van der Waals surface area contributed by atoms with E-state index in [2.05, 4.69) is 4.99 Å². The number of carbonyl (C=O) groups is 1. The molecule has 7 heteroatoms. The summed E-state index contributed by atoms with van der Waals surface area (Å²) in [6.07, 6.45) is 6.11. The lowest BCUT2D eigenvalue weighted by Gasteiger charge is -2.40. The Morgan fingerprint density at radius 2 is 1.97 bits per heavy atom. The Labute approximate surface area is 179 Å². The molecule has 1 aliphatic carbocycles. The van der Waals surface area contributed by atoms with E-state index >= 15 is 4.39 Å². The standard InChI is InChI=1S/C24H22FN4O2/c1-24(31)12-17(13-24)21-20-14-27-9-10-29(20,26)23(28-21)16-7-8-18(19(25)11-16)22(30)15-5-3-2-4-6-15/h2-11,14,17,31H,12-13,26H2,1H3/q+1. The van der Waals surface area contributed by atoms with Gasteiger partial charge in [-0.05, 0) is 38.0 Å². The molecule has 5 rings (SSSR count). The fourth-order valence-corrected chi connectivity index (χ4v) is 4.48. The molecule has 0 spiro atoms. The van der Waals surface area contributed by atoms with Crippen LogP contribution in [0, 0.1) is 11.7 Å². The first-order valence-corrected chi connectivity index (χ1v) is 10.1. The summed E-state index contributed by atoms with van der Waals surface area (Å²) in [5.74, 6) is 6.18. The van der Waals surface area contributed by atoms with E-state index in [1.165, 1.54) is 12.1 Å². The number of quaternary nitrogens is 1. The quantitative estimate of drug-likeness (QED) is 0.454. The highest BCUT2D eigenvalue weighted by molar-refractivity contribution is 6.10. The Morgan fingerprint density at radius 1 is 1.23 bits per heavy atom. The molecule has 0 amide bonds. The molecule has 1 saturated carbocycles. The summed E-state index contributed by atoms with van der Waals surface area (Å²) in [5.41, 5.74) is 1.67. The van der Waals surface area contributed by atoms with Crippen molar-refractivity contribution in [2.75, 3.05) is 0 Å². The summed E-state index contributed by atoms with van der Waals surface area (Å²) in [7, 11) is 0. The van der Waals surface area contributed by atoms with Gasteiger partial charge in [0.05, 0.1) is 29.1 Å². The van der Waals surface area contributed by atoms with E-state index < -0.39 is 11.4 Å². The third-order valence-corrected chi connectivity index (χ3v) is 6.09. The highest BCUT2D eigenvalue weighted by atomic mass is 19.1. The van der Waals surface area contributed by atoms with Gasteiger partial charge in [0.25, 0.3) is 5.84 Å². The maximum Gasteiger partial charge on any atom is 0.265 e. The molecular formula is C24H22FN4O2+. The second-order valence-corrected chi connectivity index (χ2v) is 8.55. The molecule has 0 aromatic heterocycles. The smallest absolute Gasteiger partial charge is 0.265 e. The van der Waals surface area contributed by atoms with Crippen LogP contribution >= 0.6 is 0 Å². The molecule has 156 valence electrons. The largest absolute Gasteiger partial charge is 0.390 e. The van der Waals surface area contributed by atoms with Crippen molar-refractivity contribution in [3.8, 4) is 0 Å². The third-order valence-electron chi connectivity index (χ3n) is 6.09. The zero-order chi connectivity index (χ0) is 21.8. The average Bonchev–Trinajstić information content (AvgIpc) is 3.05. The number of allylic oxidation sites excluding steroid dienone is 2. The number of ketones is 1. The van der Waals surface area contributed by atoms with Crippen molar-refractivity contribution in [1.82, 2.24) is 0 Å². The number of carbonyl (C=O) groups excluding carboxylic acids is 1. The number of nitrogens with two attached hydrogens (primary N) is 1. The minimum atomic E-state index is -0.714. The zero-order valence-electron chi connectivity index (χ0n) is 17.0. The Hall–Kier alpha value is -3.26. The molecule has 0 radical (unpaired) electrons. The fourth-order valence-electron chi connectivity index (χ4n) is 4.48. The zero-order valence-corrected chi connectivity index (χ0v) is 17.0. The van der Waals surface area contributed by atoms with E-state index in [0.29, 0.717) is 35.5 Å². The first kappa shape index (κ1) is 19.7. The molecule has 1 atom stereocenters. The molecule has 2 aromatic carbocycles. The number of benzene rings is 2. The SMILES string of the molecule is CC1(O)CC(C2=C3C=NC=C[N+]3(N)C(c3ccc(C(=O)c4ccccc4)c(F)c3)=N2)C1. The number of amidine groups is 1. The van der Waals surface area contributed by atoms with Crippen LogP contribution in [0.4, 0.5) is 4.39 Å². The van der Waals surface area contributed by atoms with Crippen LogP contribution in [0.3, 0.4) is 0 Å². The van der Waals surface area contributed by atoms with Gasteiger partial charge in [-0.3, -0.25) is 9.79 Å². The van der Waals surface area contributed by atoms with Crippen molar-refractivity contribution in [3.63, 3.8) is 0 Å². The average molecular weight is 417 g/mol. The fraction of sp³-hybridized carbons (Fsp3) is 0.208. The summed E-state index contributed by atoms with van der Waals surface area (Å²) in [4.78, 5) is 21.6. The molecule has 2 heterocycles. The van der Waals surface area contributed by atoms with Crippen LogP contribution in [0.25, 0.3) is 0 Å². The topological polar surface area (TPSA) is 88.0 Å². The van der Waals surface area contributed by atoms with E-state index in [-0.39, 0.29) is 21.9 Å². The summed E-state index contributed by atoms with van der Waals surface area (Å²) < 4.78 is 14.8. The van der Waals surface area contributed by atoms with Gasteiger partial charge < -0.3 is 5.11 Å². The maximum absolute atomic E-state index is 15.0. The predicted octanol–water partition coefficient (Wildman–Crippen LogP) is 3.44. The summed E-state index contributed by atoms with van der Waals surface area (Å²) in [5, 5.41) is 10.2. The lowest BCUT2D eigenvalue weighted by molar-refractivity contribution is -0.750. The summed E-state index contributed by atoms with van der Waals surface area (Å²) in [6.45, 7) is 1.80. The molecule has 0 bridgehead atoms. The van der Waals surface area contributed by atoms with Crippen molar-refractivity contribution in [1.29, 1.82) is 0 Å². The minimum absolute atomic E-state index is 0.00341. The van der Waals surface area contributed by atoms with Gasteiger partial charge >= 0.3 is 0 Å². The van der Waals surface area contributed by atoms with Crippen LogP contribution < -0.4 is 5.84 Å². The predicted molar refractivity (Wildman–Crippen MR) is 115 cm³/mol. The van der Waals surface area contributed by atoms with E-state index in [9.17, 15) is 9.90 Å². The van der Waals surface area contributed by atoms with E-state index in [1.54, 1.807) is 61.9 Å². The number of aliphatic hydroxyl groups is 1. The van der Waals surface area contributed by atoms with Crippen molar-refractivity contribution >= 4 is 17.8 Å². The number of rotatable bonds is 4. The number of nitrogens with zero attached hydrogens (tertiary/aromatic N) is 3. The van der Waals surface area contributed by atoms with Gasteiger partial charge in [-0.2, -0.15) is 10.8 Å². The van der Waals surface area contributed by atoms with Crippen molar-refractivity contribution in [2.24, 2.45) is 21.7 Å². The Kier molecular flexibility index (Phi) is 4.37. The molecule has 2 aliphatic heterocycles.